The van der Waals surface area contributed by atoms with Crippen LogP contribution in [0.5, 0.6) is 0 Å². The molecule has 3 unspecified atom stereocenters. The first-order valence-corrected chi connectivity index (χ1v) is 8.53. The van der Waals surface area contributed by atoms with Crippen molar-refractivity contribution in [3.8, 4) is 0 Å². The summed E-state index contributed by atoms with van der Waals surface area (Å²) >= 11 is 0. The highest BCUT2D eigenvalue weighted by Crippen LogP contribution is 2.43. The van der Waals surface area contributed by atoms with E-state index in [0.29, 0.717) is 6.04 Å². The summed E-state index contributed by atoms with van der Waals surface area (Å²) in [5, 5.41) is 3.91. The fourth-order valence-corrected chi connectivity index (χ4v) is 4.01. The molecule has 0 spiro atoms. The maximum absolute atomic E-state index is 3.91. The number of benzene rings is 1. The van der Waals surface area contributed by atoms with Crippen LogP contribution in [0, 0.1) is 18.8 Å². The van der Waals surface area contributed by atoms with Crippen LogP contribution in [0.15, 0.2) is 24.3 Å². The Kier molecular flexibility index (Phi) is 4.45. The van der Waals surface area contributed by atoms with Crippen molar-refractivity contribution in [1.29, 1.82) is 0 Å². The highest BCUT2D eigenvalue weighted by molar-refractivity contribution is 5.26. The summed E-state index contributed by atoms with van der Waals surface area (Å²) in [4.78, 5) is 0. The highest BCUT2D eigenvalue weighted by Gasteiger charge is 2.34. The summed E-state index contributed by atoms with van der Waals surface area (Å²) in [5.74, 6) is 2.12. The standard InChI is InChI=1S/C19H29N/c1-14-6-3-4-7-17(14)12-15(2)20-19-9-5-8-18(13-19)16-10-11-16/h3-4,6-7,15-16,18-20H,5,8-13H2,1-2H3. The van der Waals surface area contributed by atoms with Crippen LogP contribution in [-0.4, -0.2) is 12.1 Å². The summed E-state index contributed by atoms with van der Waals surface area (Å²) in [6.07, 6.45) is 9.94. The average Bonchev–Trinajstić information content (AvgIpc) is 3.26. The number of aryl methyl sites for hydroxylation is 1. The molecule has 1 N–H and O–H groups in total. The van der Waals surface area contributed by atoms with E-state index in [1.165, 1.54) is 49.7 Å². The van der Waals surface area contributed by atoms with Crippen LogP contribution in [0.3, 0.4) is 0 Å². The lowest BCUT2D eigenvalue weighted by atomic mass is 9.82. The van der Waals surface area contributed by atoms with E-state index in [1.54, 1.807) is 0 Å². The van der Waals surface area contributed by atoms with Gasteiger partial charge < -0.3 is 5.32 Å². The van der Waals surface area contributed by atoms with Crippen LogP contribution in [-0.2, 0) is 6.42 Å². The second-order valence-electron chi connectivity index (χ2n) is 7.16. The number of hydrogen-bond acceptors (Lipinski definition) is 1. The molecule has 1 nitrogen and oxygen atoms in total. The van der Waals surface area contributed by atoms with Gasteiger partial charge in [-0.25, -0.2) is 0 Å². The first-order chi connectivity index (χ1) is 9.72. The van der Waals surface area contributed by atoms with Gasteiger partial charge in [0.05, 0.1) is 0 Å². The maximum atomic E-state index is 3.91. The van der Waals surface area contributed by atoms with Gasteiger partial charge in [-0.1, -0.05) is 37.1 Å². The van der Waals surface area contributed by atoms with Gasteiger partial charge in [-0.3, -0.25) is 0 Å². The quantitative estimate of drug-likeness (QED) is 0.832. The molecule has 2 aliphatic rings. The maximum Gasteiger partial charge on any atom is 0.00818 e. The van der Waals surface area contributed by atoms with Crippen molar-refractivity contribution in [2.24, 2.45) is 11.8 Å². The van der Waals surface area contributed by atoms with E-state index in [4.69, 9.17) is 0 Å². The smallest absolute Gasteiger partial charge is 0.00818 e. The van der Waals surface area contributed by atoms with Gasteiger partial charge in [0.25, 0.3) is 0 Å². The molecule has 0 saturated heterocycles. The molecular weight excluding hydrogens is 242 g/mol. The van der Waals surface area contributed by atoms with Crippen molar-refractivity contribution in [3.63, 3.8) is 0 Å². The normalized spacial score (nSPS) is 28.3. The molecule has 0 bridgehead atoms. The average molecular weight is 271 g/mol. The molecule has 0 heterocycles. The molecule has 110 valence electrons. The van der Waals surface area contributed by atoms with Crippen molar-refractivity contribution in [3.05, 3.63) is 35.4 Å². The van der Waals surface area contributed by atoms with E-state index in [1.807, 2.05) is 0 Å². The molecule has 0 aliphatic heterocycles. The number of hydrogen-bond donors (Lipinski definition) is 1. The molecule has 3 atom stereocenters. The summed E-state index contributed by atoms with van der Waals surface area (Å²) in [5.41, 5.74) is 2.93. The third kappa shape index (κ3) is 3.63. The minimum Gasteiger partial charge on any atom is -0.311 e. The van der Waals surface area contributed by atoms with Gasteiger partial charge in [0.1, 0.15) is 0 Å². The first-order valence-electron chi connectivity index (χ1n) is 8.53. The lowest BCUT2D eigenvalue weighted by molar-refractivity contribution is 0.248. The van der Waals surface area contributed by atoms with Crippen LogP contribution in [0.25, 0.3) is 0 Å². The summed E-state index contributed by atoms with van der Waals surface area (Å²) in [6.45, 7) is 4.58. The Morgan fingerprint density at radius 2 is 1.90 bits per heavy atom. The van der Waals surface area contributed by atoms with E-state index in [2.05, 4.69) is 43.4 Å². The van der Waals surface area contributed by atoms with E-state index >= 15 is 0 Å². The van der Waals surface area contributed by atoms with Crippen LogP contribution in [0.2, 0.25) is 0 Å². The first kappa shape index (κ1) is 14.1. The Labute approximate surface area is 124 Å². The molecule has 0 radical (unpaired) electrons. The van der Waals surface area contributed by atoms with Crippen molar-refractivity contribution < 1.29 is 0 Å². The molecule has 1 aromatic rings. The van der Waals surface area contributed by atoms with Gasteiger partial charge in [0.15, 0.2) is 0 Å². The zero-order chi connectivity index (χ0) is 13.9. The van der Waals surface area contributed by atoms with E-state index < -0.39 is 0 Å². The van der Waals surface area contributed by atoms with E-state index in [-0.39, 0.29) is 0 Å². The third-order valence-electron chi connectivity index (χ3n) is 5.31. The Morgan fingerprint density at radius 3 is 2.65 bits per heavy atom. The summed E-state index contributed by atoms with van der Waals surface area (Å²) in [7, 11) is 0. The Bertz CT molecular complexity index is 435. The number of rotatable bonds is 5. The van der Waals surface area contributed by atoms with Crippen molar-refractivity contribution in [1.82, 2.24) is 5.32 Å². The SMILES string of the molecule is Cc1ccccc1CC(C)NC1CCCC(C2CC2)C1. The molecule has 2 aliphatic carbocycles. The monoisotopic (exact) mass is 271 g/mol. The largest absolute Gasteiger partial charge is 0.311 e. The van der Waals surface area contributed by atoms with E-state index in [0.717, 1.165) is 24.3 Å². The zero-order valence-electron chi connectivity index (χ0n) is 13.1. The van der Waals surface area contributed by atoms with Crippen LogP contribution >= 0.6 is 0 Å². The van der Waals surface area contributed by atoms with Crippen LogP contribution in [0.1, 0.15) is 56.6 Å². The number of nitrogens with one attached hydrogen (secondary N) is 1. The van der Waals surface area contributed by atoms with Crippen molar-refractivity contribution in [2.45, 2.75) is 70.9 Å². The molecule has 20 heavy (non-hydrogen) atoms. The molecule has 0 aromatic heterocycles. The Balaban J connectivity index is 1.50. The molecule has 1 heteroatoms. The summed E-state index contributed by atoms with van der Waals surface area (Å²) < 4.78 is 0. The van der Waals surface area contributed by atoms with Crippen molar-refractivity contribution >= 4 is 0 Å². The lowest BCUT2D eigenvalue weighted by Gasteiger charge is -2.32. The molecule has 2 saturated carbocycles. The Hall–Kier alpha value is -0.820. The highest BCUT2D eigenvalue weighted by atomic mass is 14.9. The molecule has 1 aromatic carbocycles. The van der Waals surface area contributed by atoms with Crippen molar-refractivity contribution in [2.75, 3.05) is 0 Å². The van der Waals surface area contributed by atoms with Gasteiger partial charge in [-0.05, 0) is 68.9 Å². The predicted molar refractivity (Wildman–Crippen MR) is 86.0 cm³/mol. The van der Waals surface area contributed by atoms with Gasteiger partial charge in [0, 0.05) is 12.1 Å². The van der Waals surface area contributed by atoms with E-state index in [9.17, 15) is 0 Å². The second kappa shape index (κ2) is 6.30. The van der Waals surface area contributed by atoms with Gasteiger partial charge in [-0.2, -0.15) is 0 Å². The van der Waals surface area contributed by atoms with Gasteiger partial charge >= 0.3 is 0 Å². The molecule has 0 amide bonds. The predicted octanol–water partition coefficient (Wildman–Crippen LogP) is 4.48. The molecular formula is C19H29N. The third-order valence-corrected chi connectivity index (χ3v) is 5.31. The van der Waals surface area contributed by atoms with Gasteiger partial charge in [-0.15, -0.1) is 0 Å². The van der Waals surface area contributed by atoms with Crippen LogP contribution in [0.4, 0.5) is 0 Å². The lowest BCUT2D eigenvalue weighted by Crippen LogP contribution is -2.41. The Morgan fingerprint density at radius 1 is 1.10 bits per heavy atom. The van der Waals surface area contributed by atoms with Gasteiger partial charge in [0.2, 0.25) is 0 Å². The fraction of sp³-hybridized carbons (Fsp3) is 0.684. The molecule has 3 rings (SSSR count). The topological polar surface area (TPSA) is 12.0 Å². The minimum absolute atomic E-state index is 0.596. The fourth-order valence-electron chi connectivity index (χ4n) is 4.01. The second-order valence-corrected chi connectivity index (χ2v) is 7.16. The molecule has 2 fully saturated rings. The summed E-state index contributed by atoms with van der Waals surface area (Å²) in [6, 6.07) is 10.2. The van der Waals surface area contributed by atoms with Crippen LogP contribution < -0.4 is 5.32 Å². The zero-order valence-corrected chi connectivity index (χ0v) is 13.1. The minimum atomic E-state index is 0.596.